The Balaban J connectivity index is 0.000000187. The van der Waals surface area contributed by atoms with Crippen LogP contribution < -0.4 is 0 Å². The van der Waals surface area contributed by atoms with Gasteiger partial charge in [-0.1, -0.05) is 73.7 Å². The highest BCUT2D eigenvalue weighted by Crippen LogP contribution is 2.24. The Morgan fingerprint density at radius 3 is 2.31 bits per heavy atom. The van der Waals surface area contributed by atoms with E-state index in [0.29, 0.717) is 11.3 Å². The number of aromatic hydroxyl groups is 1. The number of nitroso groups, excluding NO2 is 1. The van der Waals surface area contributed by atoms with Crippen LogP contribution in [0.4, 0.5) is 5.69 Å². The summed E-state index contributed by atoms with van der Waals surface area (Å²) in [6.07, 6.45) is 4.56. The summed E-state index contributed by atoms with van der Waals surface area (Å²) in [6.45, 7) is 4.14. The number of nitrogens with zero attached hydrogens (tertiary/aromatic N) is 1. The molecule has 0 aromatic heterocycles. The highest BCUT2D eigenvalue weighted by Gasteiger charge is 1.99. The van der Waals surface area contributed by atoms with Crippen LogP contribution in [0.25, 0.3) is 17.2 Å². The molecule has 0 saturated carbocycles. The number of aryl methyl sites for hydroxylation is 1. The Kier molecular flexibility index (Phi) is 7.31. The molecule has 3 aromatic rings. The molecule has 0 bridgehead atoms. The van der Waals surface area contributed by atoms with Crippen molar-refractivity contribution in [2.24, 2.45) is 5.18 Å². The van der Waals surface area contributed by atoms with E-state index in [0.717, 1.165) is 6.42 Å². The normalized spacial score (nSPS) is 10.2. The number of rotatable bonds is 4. The van der Waals surface area contributed by atoms with Gasteiger partial charge in [-0.3, -0.25) is 0 Å². The van der Waals surface area contributed by atoms with Crippen LogP contribution in [0, 0.1) is 11.8 Å². The maximum Gasteiger partial charge on any atom is 0.122 e. The van der Waals surface area contributed by atoms with Crippen molar-refractivity contribution in [1.29, 1.82) is 0 Å². The minimum absolute atomic E-state index is 0.164. The zero-order valence-electron chi connectivity index (χ0n) is 15.1. The highest BCUT2D eigenvalue weighted by molar-refractivity contribution is 5.66. The van der Waals surface area contributed by atoms with Crippen molar-refractivity contribution in [3.8, 4) is 16.9 Å². The second-order valence-electron chi connectivity index (χ2n) is 5.83. The molecule has 3 rings (SSSR count). The summed E-state index contributed by atoms with van der Waals surface area (Å²) in [5, 5.41) is 12.1. The third kappa shape index (κ3) is 5.42. The van der Waals surface area contributed by atoms with Gasteiger partial charge in [0.2, 0.25) is 0 Å². The summed E-state index contributed by atoms with van der Waals surface area (Å²) in [4.78, 5) is 10.2. The van der Waals surface area contributed by atoms with Gasteiger partial charge in [-0.2, -0.15) is 0 Å². The molecule has 3 nitrogen and oxygen atoms in total. The molecule has 0 aliphatic carbocycles. The van der Waals surface area contributed by atoms with Crippen LogP contribution in [0.1, 0.15) is 24.5 Å². The van der Waals surface area contributed by atoms with E-state index < -0.39 is 0 Å². The number of benzene rings is 3. The topological polar surface area (TPSA) is 49.7 Å². The van der Waals surface area contributed by atoms with Crippen LogP contribution >= 0.6 is 0 Å². The first-order valence-corrected chi connectivity index (χ1v) is 8.59. The third-order valence-corrected chi connectivity index (χ3v) is 3.88. The molecule has 0 spiro atoms. The van der Waals surface area contributed by atoms with Gasteiger partial charge in [-0.25, -0.2) is 0 Å². The molecular formula is C23H23NO2. The van der Waals surface area contributed by atoms with Gasteiger partial charge in [0.1, 0.15) is 11.4 Å². The zero-order valence-corrected chi connectivity index (χ0v) is 15.1. The number of phenols is 1. The predicted molar refractivity (Wildman–Crippen MR) is 110 cm³/mol. The van der Waals surface area contributed by atoms with Crippen LogP contribution in [0.2, 0.25) is 0 Å². The van der Waals surface area contributed by atoms with Crippen molar-refractivity contribution in [3.05, 3.63) is 94.9 Å². The molecule has 0 fully saturated rings. The van der Waals surface area contributed by atoms with E-state index in [1.807, 2.05) is 19.1 Å². The van der Waals surface area contributed by atoms with Gasteiger partial charge in [-0.05, 0) is 53.4 Å². The molecule has 0 radical (unpaired) electrons. The van der Waals surface area contributed by atoms with Gasteiger partial charge in [-0.15, -0.1) is 4.91 Å². The lowest BCUT2D eigenvalue weighted by molar-refractivity contribution is 0.474. The summed E-state index contributed by atoms with van der Waals surface area (Å²) >= 11 is 0. The van der Waals surface area contributed by atoms with E-state index >= 15 is 0 Å². The fraction of sp³-hybridized carbons (Fsp3) is 0.130. The lowest BCUT2D eigenvalue weighted by Gasteiger charge is -2.04. The Hall–Kier alpha value is -3.20. The number of allylic oxidation sites excluding steroid dienone is 1. The first kappa shape index (κ1) is 19.1. The van der Waals surface area contributed by atoms with E-state index in [1.165, 1.54) is 28.8 Å². The average molecular weight is 345 g/mol. The van der Waals surface area contributed by atoms with Crippen molar-refractivity contribution in [2.45, 2.75) is 20.3 Å². The standard InChI is InChI=1S/C13H12.C10H11NO2/c1-11-7-5-6-10-13(11)12-8-3-2-4-9-12;1-2-3-4-8-7-9(11-13)5-6-10(8)12/h2-10H,1H3;3-7,12H,2H2,1H3/b;4-3-. The van der Waals surface area contributed by atoms with E-state index in [9.17, 15) is 10.0 Å². The van der Waals surface area contributed by atoms with Crippen LogP contribution in [-0.4, -0.2) is 5.11 Å². The average Bonchev–Trinajstić information content (AvgIpc) is 2.69. The summed E-state index contributed by atoms with van der Waals surface area (Å²) in [5.74, 6) is 0.164. The minimum Gasteiger partial charge on any atom is -0.507 e. The number of phenolic OH excluding ortho intramolecular Hbond substituents is 1. The molecule has 3 heteroatoms. The Morgan fingerprint density at radius 1 is 0.962 bits per heavy atom. The fourth-order valence-electron chi connectivity index (χ4n) is 2.49. The molecule has 132 valence electrons. The molecule has 1 N–H and O–H groups in total. The van der Waals surface area contributed by atoms with Gasteiger partial charge in [0, 0.05) is 5.56 Å². The molecule has 0 atom stereocenters. The third-order valence-electron chi connectivity index (χ3n) is 3.88. The Labute approximate surface area is 154 Å². The Morgan fingerprint density at radius 2 is 1.65 bits per heavy atom. The molecule has 3 aromatic carbocycles. The van der Waals surface area contributed by atoms with Crippen molar-refractivity contribution in [2.75, 3.05) is 0 Å². The van der Waals surface area contributed by atoms with Crippen molar-refractivity contribution in [1.82, 2.24) is 0 Å². The monoisotopic (exact) mass is 345 g/mol. The van der Waals surface area contributed by atoms with Gasteiger partial charge in [0.25, 0.3) is 0 Å². The highest BCUT2D eigenvalue weighted by atomic mass is 16.3. The van der Waals surface area contributed by atoms with Gasteiger partial charge >= 0.3 is 0 Å². The minimum atomic E-state index is 0.164. The molecule has 0 heterocycles. The van der Waals surface area contributed by atoms with E-state index in [2.05, 4.69) is 60.6 Å². The van der Waals surface area contributed by atoms with Crippen LogP contribution in [0.5, 0.6) is 5.75 Å². The fourth-order valence-corrected chi connectivity index (χ4v) is 2.49. The lowest BCUT2D eigenvalue weighted by atomic mass is 10.0. The summed E-state index contributed by atoms with van der Waals surface area (Å²) in [5.41, 5.74) is 4.89. The zero-order chi connectivity index (χ0) is 18.8. The SMILES string of the molecule is CC/C=C\c1cc(N=O)ccc1O.Cc1ccccc1-c1ccccc1. The first-order valence-electron chi connectivity index (χ1n) is 8.59. The maximum atomic E-state index is 10.2. The molecule has 26 heavy (non-hydrogen) atoms. The second kappa shape index (κ2) is 9.94. The second-order valence-corrected chi connectivity index (χ2v) is 5.83. The van der Waals surface area contributed by atoms with Crippen molar-refractivity contribution < 1.29 is 5.11 Å². The molecule has 0 saturated heterocycles. The van der Waals surface area contributed by atoms with Crippen LogP contribution in [-0.2, 0) is 0 Å². The quantitative estimate of drug-likeness (QED) is 0.524. The first-order chi connectivity index (χ1) is 12.7. The van der Waals surface area contributed by atoms with Gasteiger partial charge < -0.3 is 5.11 Å². The van der Waals surface area contributed by atoms with E-state index in [-0.39, 0.29) is 5.75 Å². The van der Waals surface area contributed by atoms with Gasteiger partial charge in [0.05, 0.1) is 0 Å². The van der Waals surface area contributed by atoms with Crippen LogP contribution in [0.3, 0.4) is 0 Å². The molecule has 0 aliphatic heterocycles. The summed E-state index contributed by atoms with van der Waals surface area (Å²) in [7, 11) is 0. The van der Waals surface area contributed by atoms with E-state index in [4.69, 9.17) is 0 Å². The smallest absolute Gasteiger partial charge is 0.122 e. The summed E-state index contributed by atoms with van der Waals surface area (Å²) < 4.78 is 0. The summed E-state index contributed by atoms with van der Waals surface area (Å²) in [6, 6.07) is 23.4. The van der Waals surface area contributed by atoms with Gasteiger partial charge in [0.15, 0.2) is 0 Å². The number of hydrogen-bond acceptors (Lipinski definition) is 3. The van der Waals surface area contributed by atoms with E-state index in [1.54, 1.807) is 12.1 Å². The lowest BCUT2D eigenvalue weighted by Crippen LogP contribution is -1.80. The molecule has 0 aliphatic rings. The maximum absolute atomic E-state index is 10.2. The molecular weight excluding hydrogens is 322 g/mol. The molecule has 0 unspecified atom stereocenters. The largest absolute Gasteiger partial charge is 0.507 e. The molecule has 0 amide bonds. The Bertz CT molecular complexity index is 870. The number of hydrogen-bond donors (Lipinski definition) is 1. The van der Waals surface area contributed by atoms with Crippen molar-refractivity contribution in [3.63, 3.8) is 0 Å². The van der Waals surface area contributed by atoms with Crippen molar-refractivity contribution >= 4 is 11.8 Å². The predicted octanol–water partition coefficient (Wildman–Crippen LogP) is 6.88. The van der Waals surface area contributed by atoms with Crippen LogP contribution in [0.15, 0.2) is 84.0 Å².